The quantitative estimate of drug-likeness (QED) is 0.741. The average molecular weight is 415 g/mol. The van der Waals surface area contributed by atoms with Crippen molar-refractivity contribution >= 4 is 0 Å². The minimum Gasteiger partial charge on any atom is -0.387 e. The smallest absolute Gasteiger partial charge is 0.162 e. The molecule has 0 unspecified atom stereocenters. The van der Waals surface area contributed by atoms with Crippen molar-refractivity contribution in [2.24, 2.45) is 40.9 Å². The van der Waals surface area contributed by atoms with Crippen molar-refractivity contribution in [1.82, 2.24) is 20.2 Å². The van der Waals surface area contributed by atoms with Crippen molar-refractivity contribution in [3.63, 3.8) is 0 Å². The molecule has 8 atom stereocenters. The van der Waals surface area contributed by atoms with Gasteiger partial charge < -0.3 is 9.84 Å². The number of methoxy groups -OCH3 is 1. The maximum atomic E-state index is 10.9. The largest absolute Gasteiger partial charge is 0.387 e. The summed E-state index contributed by atoms with van der Waals surface area (Å²) in [6.45, 7) is 8.23. The lowest BCUT2D eigenvalue weighted by Gasteiger charge is -2.57. The molecule has 0 aromatic carbocycles. The molecule has 1 aromatic heterocycles. The van der Waals surface area contributed by atoms with Crippen LogP contribution in [0.4, 0.5) is 0 Å². The van der Waals surface area contributed by atoms with Gasteiger partial charge in [-0.3, -0.25) is 0 Å². The summed E-state index contributed by atoms with van der Waals surface area (Å²) < 4.78 is 5.34. The first-order valence-corrected chi connectivity index (χ1v) is 12.0. The molecule has 5 rings (SSSR count). The van der Waals surface area contributed by atoms with E-state index in [1.54, 1.807) is 11.9 Å². The van der Waals surface area contributed by atoms with Crippen LogP contribution in [0.1, 0.15) is 64.7 Å². The van der Waals surface area contributed by atoms with E-state index in [0.29, 0.717) is 30.4 Å². The lowest BCUT2D eigenvalue weighted by Crippen LogP contribution is -2.52. The number of aromatic nitrogens is 4. The fourth-order valence-corrected chi connectivity index (χ4v) is 8.59. The number of rotatable bonds is 5. The zero-order chi connectivity index (χ0) is 20.9. The Morgan fingerprint density at radius 1 is 1.13 bits per heavy atom. The van der Waals surface area contributed by atoms with E-state index in [1.807, 2.05) is 0 Å². The van der Waals surface area contributed by atoms with Gasteiger partial charge >= 0.3 is 0 Å². The molecule has 166 valence electrons. The first-order valence-electron chi connectivity index (χ1n) is 12.0. The van der Waals surface area contributed by atoms with Crippen LogP contribution in [0, 0.1) is 40.9 Å². The molecule has 1 N–H and O–H groups in total. The van der Waals surface area contributed by atoms with Gasteiger partial charge in [0.1, 0.15) is 0 Å². The number of aliphatic hydroxyl groups is 1. The topological polar surface area (TPSA) is 73.1 Å². The van der Waals surface area contributed by atoms with Crippen LogP contribution in [0.5, 0.6) is 0 Å². The Bertz CT molecular complexity index is 767. The van der Waals surface area contributed by atoms with Crippen LogP contribution >= 0.6 is 0 Å². The van der Waals surface area contributed by atoms with Crippen molar-refractivity contribution in [3.05, 3.63) is 18.5 Å². The molecule has 0 radical (unpaired) electrons. The minimum atomic E-state index is -0.586. The number of fused-ring (bicyclic) bond motifs is 5. The summed E-state index contributed by atoms with van der Waals surface area (Å²) in [5.41, 5.74) is 1.07. The summed E-state index contributed by atoms with van der Waals surface area (Å²) in [4.78, 5) is 1.68. The Labute approximate surface area is 180 Å². The van der Waals surface area contributed by atoms with E-state index in [4.69, 9.17) is 4.74 Å². The molecule has 1 heterocycles. The Kier molecular flexibility index (Phi) is 5.29. The highest BCUT2D eigenvalue weighted by atomic mass is 16.5. The van der Waals surface area contributed by atoms with Crippen molar-refractivity contribution in [3.8, 4) is 0 Å². The van der Waals surface area contributed by atoms with Gasteiger partial charge in [-0.1, -0.05) is 19.1 Å². The molecule has 4 fully saturated rings. The number of allylic oxidation sites excluding steroid dienone is 1. The van der Waals surface area contributed by atoms with Gasteiger partial charge in [0, 0.05) is 7.11 Å². The van der Waals surface area contributed by atoms with Gasteiger partial charge in [-0.2, -0.15) is 4.80 Å². The number of hydrogen-bond donors (Lipinski definition) is 1. The molecule has 1 aromatic rings. The second kappa shape index (κ2) is 7.70. The summed E-state index contributed by atoms with van der Waals surface area (Å²) in [6, 6.07) is 0. The van der Waals surface area contributed by atoms with Gasteiger partial charge in [0.25, 0.3) is 0 Å². The molecule has 0 amide bonds. The molecule has 4 saturated carbocycles. The van der Waals surface area contributed by atoms with Crippen molar-refractivity contribution < 1.29 is 9.84 Å². The van der Waals surface area contributed by atoms with E-state index in [9.17, 15) is 5.11 Å². The highest BCUT2D eigenvalue weighted by Crippen LogP contribution is 2.65. The van der Waals surface area contributed by atoms with Crippen LogP contribution < -0.4 is 0 Å². The van der Waals surface area contributed by atoms with E-state index in [1.165, 1.54) is 56.8 Å². The van der Waals surface area contributed by atoms with E-state index < -0.39 is 5.60 Å². The van der Waals surface area contributed by atoms with Crippen LogP contribution in [-0.2, 0) is 11.3 Å². The standard InChI is InChI=1S/C24H38N4O2/c1-16(13-28-26-15-25-27-28)21-6-7-22-20-5-4-17-12-24(29,14-30-3)11-9-18(17)19(20)8-10-23(21,22)2/h15,17-22,29H,1,4-14H2,2-3H3/t17-,18-,19+,20+,21+,22-,23+,24-/m0/s1. The van der Waals surface area contributed by atoms with Crippen LogP contribution in [-0.4, -0.2) is 44.6 Å². The lowest BCUT2D eigenvalue weighted by molar-refractivity contribution is -0.123. The molecule has 0 saturated heterocycles. The van der Waals surface area contributed by atoms with Gasteiger partial charge in [0.2, 0.25) is 0 Å². The molecule has 4 aliphatic carbocycles. The summed E-state index contributed by atoms with van der Waals surface area (Å²) in [5, 5.41) is 23.0. The van der Waals surface area contributed by atoms with Crippen LogP contribution in [0.25, 0.3) is 0 Å². The first-order chi connectivity index (χ1) is 14.4. The number of hydrogen-bond acceptors (Lipinski definition) is 5. The first kappa shape index (κ1) is 20.6. The molecular formula is C24H38N4O2. The Morgan fingerprint density at radius 2 is 1.97 bits per heavy atom. The van der Waals surface area contributed by atoms with Crippen LogP contribution in [0.2, 0.25) is 0 Å². The van der Waals surface area contributed by atoms with E-state index in [-0.39, 0.29) is 0 Å². The lowest BCUT2D eigenvalue weighted by atomic mass is 9.48. The third kappa shape index (κ3) is 3.35. The molecule has 4 aliphatic rings. The zero-order valence-corrected chi connectivity index (χ0v) is 18.7. The van der Waals surface area contributed by atoms with Gasteiger partial charge in [0.15, 0.2) is 6.33 Å². The highest BCUT2D eigenvalue weighted by Gasteiger charge is 2.58. The third-order valence-electron chi connectivity index (χ3n) is 9.75. The Morgan fingerprint density at radius 3 is 2.73 bits per heavy atom. The van der Waals surface area contributed by atoms with Gasteiger partial charge in [-0.25, -0.2) is 0 Å². The summed E-state index contributed by atoms with van der Waals surface area (Å²) in [7, 11) is 1.71. The maximum Gasteiger partial charge on any atom is 0.162 e. The van der Waals surface area contributed by atoms with Crippen LogP contribution in [0.15, 0.2) is 18.5 Å². The predicted octanol–water partition coefficient (Wildman–Crippen LogP) is 3.88. The zero-order valence-electron chi connectivity index (χ0n) is 18.7. The van der Waals surface area contributed by atoms with Gasteiger partial charge in [0.05, 0.1) is 18.8 Å². The van der Waals surface area contributed by atoms with E-state index in [0.717, 1.165) is 36.5 Å². The molecule has 30 heavy (non-hydrogen) atoms. The molecule has 0 bridgehead atoms. The second-order valence-corrected chi connectivity index (χ2v) is 11.1. The summed E-state index contributed by atoms with van der Waals surface area (Å²) in [5.74, 6) is 4.62. The van der Waals surface area contributed by atoms with Crippen molar-refractivity contribution in [1.29, 1.82) is 0 Å². The van der Waals surface area contributed by atoms with E-state index >= 15 is 0 Å². The predicted molar refractivity (Wildman–Crippen MR) is 114 cm³/mol. The molecule has 6 heteroatoms. The molecule has 6 nitrogen and oxygen atoms in total. The van der Waals surface area contributed by atoms with Gasteiger partial charge in [-0.05, 0) is 104 Å². The fourth-order valence-electron chi connectivity index (χ4n) is 8.59. The normalized spacial score (nSPS) is 45.4. The van der Waals surface area contributed by atoms with Crippen molar-refractivity contribution in [2.75, 3.05) is 13.7 Å². The Hall–Kier alpha value is -1.27. The molecule has 0 aliphatic heterocycles. The molecule has 0 spiro atoms. The SMILES string of the molecule is C=C(Cn1ncnn1)[C@H]1CC[C@H]2[C@@H]3CC[C@H]4C[C@](O)(COC)CC[C@@H]4[C@H]3CC[C@]12C. The second-order valence-electron chi connectivity index (χ2n) is 11.1. The number of ether oxygens (including phenoxy) is 1. The monoisotopic (exact) mass is 414 g/mol. The fraction of sp³-hybridized carbons (Fsp3) is 0.875. The van der Waals surface area contributed by atoms with E-state index in [2.05, 4.69) is 28.9 Å². The summed E-state index contributed by atoms with van der Waals surface area (Å²) >= 11 is 0. The maximum absolute atomic E-state index is 10.9. The Balaban J connectivity index is 1.29. The average Bonchev–Trinajstić information content (AvgIpc) is 3.34. The van der Waals surface area contributed by atoms with Crippen LogP contribution in [0.3, 0.4) is 0 Å². The molecular weight excluding hydrogens is 376 g/mol. The van der Waals surface area contributed by atoms with Gasteiger partial charge in [-0.15, -0.1) is 10.2 Å². The van der Waals surface area contributed by atoms with Crippen molar-refractivity contribution in [2.45, 2.75) is 76.9 Å². The number of nitrogens with zero attached hydrogens (tertiary/aromatic N) is 4. The highest BCUT2D eigenvalue weighted by molar-refractivity contribution is 5.15. The third-order valence-corrected chi connectivity index (χ3v) is 9.75. The minimum absolute atomic E-state index is 0.372. The summed E-state index contributed by atoms with van der Waals surface area (Å²) in [6.07, 6.45) is 12.5. The number of tetrazole rings is 1.